The van der Waals surface area contributed by atoms with Gasteiger partial charge in [-0.05, 0) is 18.6 Å². The molecular weight excluding hydrogens is 332 g/mol. The normalized spacial score (nSPS) is 12.5. The zero-order chi connectivity index (χ0) is 14.7. The van der Waals surface area contributed by atoms with Crippen LogP contribution < -0.4 is 0 Å². The first-order valence-electron chi connectivity index (χ1n) is 6.74. The van der Waals surface area contributed by atoms with E-state index in [1.54, 1.807) is 12.5 Å². The molecule has 2 heterocycles. The van der Waals surface area contributed by atoms with Gasteiger partial charge in [-0.1, -0.05) is 39.3 Å². The Labute approximate surface area is 131 Å². The van der Waals surface area contributed by atoms with Gasteiger partial charge in [0.2, 0.25) is 5.89 Å². The van der Waals surface area contributed by atoms with E-state index < -0.39 is 0 Å². The molecular formula is C15H15BrN4O. The van der Waals surface area contributed by atoms with Crippen molar-refractivity contribution in [2.45, 2.75) is 25.8 Å². The van der Waals surface area contributed by atoms with Gasteiger partial charge in [-0.3, -0.25) is 0 Å². The topological polar surface area (TPSA) is 56.7 Å². The highest BCUT2D eigenvalue weighted by atomic mass is 79.9. The van der Waals surface area contributed by atoms with Crippen molar-refractivity contribution in [3.8, 4) is 0 Å². The summed E-state index contributed by atoms with van der Waals surface area (Å²) in [4.78, 5) is 8.51. The van der Waals surface area contributed by atoms with E-state index in [2.05, 4.69) is 38.0 Å². The molecule has 21 heavy (non-hydrogen) atoms. The summed E-state index contributed by atoms with van der Waals surface area (Å²) >= 11 is 3.53. The zero-order valence-electron chi connectivity index (χ0n) is 11.6. The lowest BCUT2D eigenvalue weighted by atomic mass is 10.1. The standard InChI is InChI=1S/C15H15BrN4O/c1-11(20-7-6-17-10-20)8-15-18-14(19-21-15)9-12-4-2-3-5-13(12)16/h2-7,10-11H,8-9H2,1H3. The number of imidazole rings is 1. The Bertz CT molecular complexity index is 708. The van der Waals surface area contributed by atoms with Crippen LogP contribution >= 0.6 is 15.9 Å². The van der Waals surface area contributed by atoms with Gasteiger partial charge < -0.3 is 9.09 Å². The molecule has 0 aliphatic heterocycles. The van der Waals surface area contributed by atoms with Gasteiger partial charge in [0, 0.05) is 35.7 Å². The van der Waals surface area contributed by atoms with E-state index in [1.807, 2.05) is 35.0 Å². The van der Waals surface area contributed by atoms with Crippen molar-refractivity contribution >= 4 is 15.9 Å². The average Bonchev–Trinajstić information content (AvgIpc) is 3.13. The third kappa shape index (κ3) is 3.39. The van der Waals surface area contributed by atoms with Gasteiger partial charge in [0.15, 0.2) is 5.82 Å². The predicted molar refractivity (Wildman–Crippen MR) is 81.9 cm³/mol. The number of halogens is 1. The molecule has 6 heteroatoms. The molecule has 1 aromatic carbocycles. The van der Waals surface area contributed by atoms with Crippen LogP contribution in [0.1, 0.15) is 30.2 Å². The second kappa shape index (κ2) is 6.22. The first kappa shape index (κ1) is 14.0. The Hall–Kier alpha value is -1.95. The summed E-state index contributed by atoms with van der Waals surface area (Å²) in [5, 5.41) is 4.06. The van der Waals surface area contributed by atoms with Crippen molar-refractivity contribution in [1.82, 2.24) is 19.7 Å². The first-order valence-corrected chi connectivity index (χ1v) is 7.54. The summed E-state index contributed by atoms with van der Waals surface area (Å²) in [6.45, 7) is 2.10. The molecule has 3 aromatic rings. The summed E-state index contributed by atoms with van der Waals surface area (Å²) in [6, 6.07) is 8.29. The Morgan fingerprint density at radius 3 is 2.95 bits per heavy atom. The molecule has 2 aromatic heterocycles. The maximum Gasteiger partial charge on any atom is 0.228 e. The van der Waals surface area contributed by atoms with Crippen LogP contribution in [-0.2, 0) is 12.8 Å². The smallest absolute Gasteiger partial charge is 0.228 e. The summed E-state index contributed by atoms with van der Waals surface area (Å²) in [5.41, 5.74) is 1.15. The molecule has 0 amide bonds. The third-order valence-corrected chi connectivity index (χ3v) is 4.09. The molecule has 0 spiro atoms. The van der Waals surface area contributed by atoms with E-state index in [0.717, 1.165) is 10.0 Å². The Morgan fingerprint density at radius 2 is 2.19 bits per heavy atom. The second-order valence-electron chi connectivity index (χ2n) is 4.94. The summed E-state index contributed by atoms with van der Waals surface area (Å²) < 4.78 is 8.42. The number of hydrogen-bond acceptors (Lipinski definition) is 4. The Balaban J connectivity index is 1.68. The predicted octanol–water partition coefficient (Wildman–Crippen LogP) is 3.42. The van der Waals surface area contributed by atoms with Crippen LogP contribution in [0.2, 0.25) is 0 Å². The minimum absolute atomic E-state index is 0.240. The zero-order valence-corrected chi connectivity index (χ0v) is 13.2. The fourth-order valence-corrected chi connectivity index (χ4v) is 2.57. The minimum Gasteiger partial charge on any atom is -0.339 e. The molecule has 0 aliphatic rings. The molecule has 1 unspecified atom stereocenters. The number of aromatic nitrogens is 4. The van der Waals surface area contributed by atoms with E-state index in [9.17, 15) is 0 Å². The molecule has 3 rings (SSSR count). The van der Waals surface area contributed by atoms with Gasteiger partial charge in [-0.15, -0.1) is 0 Å². The van der Waals surface area contributed by atoms with Gasteiger partial charge >= 0.3 is 0 Å². The maximum absolute atomic E-state index is 5.34. The van der Waals surface area contributed by atoms with Crippen LogP contribution in [0.5, 0.6) is 0 Å². The molecule has 0 saturated heterocycles. The highest BCUT2D eigenvalue weighted by molar-refractivity contribution is 9.10. The molecule has 0 N–H and O–H groups in total. The first-order chi connectivity index (χ1) is 10.2. The van der Waals surface area contributed by atoms with Crippen LogP contribution in [0.25, 0.3) is 0 Å². The van der Waals surface area contributed by atoms with Crippen LogP contribution in [0.4, 0.5) is 0 Å². The monoisotopic (exact) mass is 346 g/mol. The number of nitrogens with zero attached hydrogens (tertiary/aromatic N) is 4. The maximum atomic E-state index is 5.34. The molecule has 0 fully saturated rings. The summed E-state index contributed by atoms with van der Waals surface area (Å²) in [6.07, 6.45) is 6.85. The van der Waals surface area contributed by atoms with E-state index in [1.165, 1.54) is 0 Å². The third-order valence-electron chi connectivity index (χ3n) is 3.32. The van der Waals surface area contributed by atoms with Crippen molar-refractivity contribution in [1.29, 1.82) is 0 Å². The van der Waals surface area contributed by atoms with Gasteiger partial charge in [0.25, 0.3) is 0 Å². The van der Waals surface area contributed by atoms with Crippen molar-refractivity contribution in [2.24, 2.45) is 0 Å². The lowest BCUT2D eigenvalue weighted by Crippen LogP contribution is -2.06. The fourth-order valence-electron chi connectivity index (χ4n) is 2.15. The second-order valence-corrected chi connectivity index (χ2v) is 5.79. The Morgan fingerprint density at radius 1 is 1.33 bits per heavy atom. The van der Waals surface area contributed by atoms with Gasteiger partial charge in [0.05, 0.1) is 6.33 Å². The van der Waals surface area contributed by atoms with E-state index in [4.69, 9.17) is 4.52 Å². The lowest BCUT2D eigenvalue weighted by molar-refractivity contribution is 0.353. The molecule has 0 aliphatic carbocycles. The van der Waals surface area contributed by atoms with Gasteiger partial charge in [-0.25, -0.2) is 4.98 Å². The highest BCUT2D eigenvalue weighted by Crippen LogP contribution is 2.19. The van der Waals surface area contributed by atoms with Crippen LogP contribution in [0.15, 0.2) is 52.0 Å². The van der Waals surface area contributed by atoms with E-state index in [0.29, 0.717) is 24.6 Å². The van der Waals surface area contributed by atoms with Crippen LogP contribution in [0.3, 0.4) is 0 Å². The molecule has 0 bridgehead atoms. The van der Waals surface area contributed by atoms with E-state index in [-0.39, 0.29) is 6.04 Å². The molecule has 0 saturated carbocycles. The van der Waals surface area contributed by atoms with Crippen LogP contribution in [-0.4, -0.2) is 19.7 Å². The quantitative estimate of drug-likeness (QED) is 0.710. The molecule has 1 atom stereocenters. The minimum atomic E-state index is 0.240. The van der Waals surface area contributed by atoms with E-state index >= 15 is 0 Å². The number of hydrogen-bond donors (Lipinski definition) is 0. The molecule has 0 radical (unpaired) electrons. The van der Waals surface area contributed by atoms with Gasteiger partial charge in [-0.2, -0.15) is 4.98 Å². The van der Waals surface area contributed by atoms with Crippen molar-refractivity contribution in [3.63, 3.8) is 0 Å². The number of benzene rings is 1. The SMILES string of the molecule is CC(Cc1nc(Cc2ccccc2Br)no1)n1ccnc1. The largest absolute Gasteiger partial charge is 0.339 e. The summed E-state index contributed by atoms with van der Waals surface area (Å²) in [7, 11) is 0. The summed E-state index contributed by atoms with van der Waals surface area (Å²) in [5.74, 6) is 1.35. The highest BCUT2D eigenvalue weighted by Gasteiger charge is 2.13. The van der Waals surface area contributed by atoms with Crippen LogP contribution in [0, 0.1) is 0 Å². The van der Waals surface area contributed by atoms with Crippen molar-refractivity contribution in [3.05, 3.63) is 64.7 Å². The molecule has 5 nitrogen and oxygen atoms in total. The fraction of sp³-hybridized carbons (Fsp3) is 0.267. The Kier molecular flexibility index (Phi) is 4.15. The van der Waals surface area contributed by atoms with Crippen molar-refractivity contribution < 1.29 is 4.52 Å². The number of rotatable bonds is 5. The van der Waals surface area contributed by atoms with Gasteiger partial charge in [0.1, 0.15) is 0 Å². The average molecular weight is 347 g/mol. The molecule has 108 valence electrons. The lowest BCUT2D eigenvalue weighted by Gasteiger charge is -2.09. The van der Waals surface area contributed by atoms with Crippen molar-refractivity contribution in [2.75, 3.05) is 0 Å².